The summed E-state index contributed by atoms with van der Waals surface area (Å²) in [7, 11) is 0. The van der Waals surface area contributed by atoms with Crippen LogP contribution in [0.5, 0.6) is 0 Å². The quantitative estimate of drug-likeness (QED) is 0.531. The highest BCUT2D eigenvalue weighted by molar-refractivity contribution is 5.73. The molecule has 0 aromatic rings. The summed E-state index contributed by atoms with van der Waals surface area (Å²) in [5.41, 5.74) is 7.01. The summed E-state index contributed by atoms with van der Waals surface area (Å²) >= 11 is 0. The van der Waals surface area contributed by atoms with Crippen LogP contribution in [0.3, 0.4) is 0 Å². The summed E-state index contributed by atoms with van der Waals surface area (Å²) in [5, 5.41) is 0. The molecule has 0 aliphatic heterocycles. The predicted molar refractivity (Wildman–Crippen MR) is 111 cm³/mol. The van der Waals surface area contributed by atoms with E-state index in [2.05, 4.69) is 27.4 Å². The zero-order valence-corrected chi connectivity index (χ0v) is 18.3. The highest BCUT2D eigenvalue weighted by atomic mass is 16.5. The van der Waals surface area contributed by atoms with Crippen LogP contribution in [0.1, 0.15) is 85.5 Å². The van der Waals surface area contributed by atoms with Crippen LogP contribution >= 0.6 is 0 Å². The lowest BCUT2D eigenvalue weighted by Crippen LogP contribution is -2.53. The molecule has 158 valence electrons. The SMILES string of the molecule is C=C1CC[C@H]2[C@H](OC(C)=O)[C@@H]([C@@]3(C)CC[C@H](C)C[C@@H]3CCC(N)=O)CC[C@]12C. The van der Waals surface area contributed by atoms with Crippen molar-refractivity contribution in [1.82, 2.24) is 0 Å². The zero-order valence-electron chi connectivity index (χ0n) is 18.3. The Morgan fingerprint density at radius 2 is 1.89 bits per heavy atom. The maximum atomic E-state index is 12.1. The van der Waals surface area contributed by atoms with E-state index in [0.717, 1.165) is 44.9 Å². The van der Waals surface area contributed by atoms with E-state index in [0.29, 0.717) is 30.1 Å². The average Bonchev–Trinajstić information content (AvgIpc) is 2.91. The third-order valence-corrected chi connectivity index (χ3v) is 8.83. The number of rotatable bonds is 5. The molecule has 7 atom stereocenters. The number of nitrogens with two attached hydrogens (primary N) is 1. The highest BCUT2D eigenvalue weighted by Crippen LogP contribution is 2.62. The van der Waals surface area contributed by atoms with Gasteiger partial charge in [0, 0.05) is 25.2 Å². The molecule has 0 spiro atoms. The van der Waals surface area contributed by atoms with Gasteiger partial charge in [-0.3, -0.25) is 9.59 Å². The summed E-state index contributed by atoms with van der Waals surface area (Å²) in [6.07, 6.45) is 9.09. The van der Waals surface area contributed by atoms with E-state index in [1.54, 1.807) is 6.92 Å². The molecule has 0 bridgehead atoms. The van der Waals surface area contributed by atoms with E-state index in [1.165, 1.54) is 12.0 Å². The van der Waals surface area contributed by atoms with E-state index in [-0.39, 0.29) is 28.8 Å². The van der Waals surface area contributed by atoms with Gasteiger partial charge in [-0.25, -0.2) is 0 Å². The zero-order chi connectivity index (χ0) is 20.7. The van der Waals surface area contributed by atoms with Crippen molar-refractivity contribution in [3.63, 3.8) is 0 Å². The smallest absolute Gasteiger partial charge is 0.302 e. The van der Waals surface area contributed by atoms with Gasteiger partial charge >= 0.3 is 5.97 Å². The Hall–Kier alpha value is -1.32. The second kappa shape index (κ2) is 7.84. The molecule has 0 saturated heterocycles. The standard InChI is InChI=1S/C24H39NO3/c1-15-10-12-24(5,18(14-15)7-9-21(25)27)20-11-13-23(4)16(2)6-8-19(23)22(20)28-17(3)26/h15,18-20,22H,2,6-14H2,1,3-5H3,(H2,25,27)/t15-,18-,19-,20-,22-,23+,24-/m0/s1. The highest BCUT2D eigenvalue weighted by Gasteiger charge is 2.58. The maximum Gasteiger partial charge on any atom is 0.302 e. The van der Waals surface area contributed by atoms with Crippen LogP contribution in [0.25, 0.3) is 0 Å². The lowest BCUT2D eigenvalue weighted by molar-refractivity contribution is -0.172. The number of primary amides is 1. The summed E-state index contributed by atoms with van der Waals surface area (Å²) < 4.78 is 6.08. The first-order chi connectivity index (χ1) is 13.1. The molecule has 3 saturated carbocycles. The normalized spacial score (nSPS) is 43.4. The van der Waals surface area contributed by atoms with Crippen molar-refractivity contribution in [2.24, 2.45) is 40.2 Å². The molecule has 0 aromatic heterocycles. The summed E-state index contributed by atoms with van der Waals surface area (Å²) in [6.45, 7) is 13.0. The van der Waals surface area contributed by atoms with Gasteiger partial charge in [0.05, 0.1) is 0 Å². The van der Waals surface area contributed by atoms with Gasteiger partial charge in [-0.05, 0) is 67.6 Å². The lowest BCUT2D eigenvalue weighted by atomic mass is 9.50. The summed E-state index contributed by atoms with van der Waals surface area (Å²) in [5.74, 6) is 1.49. The van der Waals surface area contributed by atoms with E-state index < -0.39 is 0 Å². The molecule has 0 radical (unpaired) electrons. The fourth-order valence-electron chi connectivity index (χ4n) is 6.93. The second-order valence-electron chi connectivity index (χ2n) is 10.5. The van der Waals surface area contributed by atoms with Gasteiger partial charge in [0.15, 0.2) is 0 Å². The molecule has 1 amide bonds. The van der Waals surface area contributed by atoms with Gasteiger partial charge < -0.3 is 10.5 Å². The number of carbonyl (C=O) groups is 2. The van der Waals surface area contributed by atoms with Crippen molar-refractivity contribution in [1.29, 1.82) is 0 Å². The Morgan fingerprint density at radius 1 is 1.18 bits per heavy atom. The third-order valence-electron chi connectivity index (χ3n) is 8.83. The van der Waals surface area contributed by atoms with Gasteiger partial charge in [0.2, 0.25) is 5.91 Å². The van der Waals surface area contributed by atoms with Crippen molar-refractivity contribution in [2.45, 2.75) is 91.6 Å². The van der Waals surface area contributed by atoms with Crippen LogP contribution in [0.4, 0.5) is 0 Å². The molecule has 0 unspecified atom stereocenters. The number of hydrogen-bond acceptors (Lipinski definition) is 3. The number of esters is 1. The van der Waals surface area contributed by atoms with Crippen molar-refractivity contribution in [3.05, 3.63) is 12.2 Å². The Morgan fingerprint density at radius 3 is 2.54 bits per heavy atom. The molecule has 3 aliphatic rings. The van der Waals surface area contributed by atoms with Gasteiger partial charge in [0.25, 0.3) is 0 Å². The number of ether oxygens (including phenoxy) is 1. The largest absolute Gasteiger partial charge is 0.462 e. The fourth-order valence-corrected chi connectivity index (χ4v) is 6.93. The summed E-state index contributed by atoms with van der Waals surface area (Å²) in [6, 6.07) is 0. The molecular weight excluding hydrogens is 350 g/mol. The van der Waals surface area contributed by atoms with E-state index >= 15 is 0 Å². The van der Waals surface area contributed by atoms with Crippen molar-refractivity contribution in [3.8, 4) is 0 Å². The fraction of sp³-hybridized carbons (Fsp3) is 0.833. The minimum Gasteiger partial charge on any atom is -0.462 e. The third kappa shape index (κ3) is 3.76. The van der Waals surface area contributed by atoms with Crippen molar-refractivity contribution >= 4 is 11.9 Å². The van der Waals surface area contributed by atoms with E-state index in [4.69, 9.17) is 10.5 Å². The number of allylic oxidation sites excluding steroid dienone is 1. The monoisotopic (exact) mass is 389 g/mol. The number of carbonyl (C=O) groups excluding carboxylic acids is 2. The first-order valence-corrected chi connectivity index (χ1v) is 11.2. The molecular formula is C24H39NO3. The van der Waals surface area contributed by atoms with Gasteiger partial charge in [-0.1, -0.05) is 39.3 Å². The minimum atomic E-state index is -0.208. The molecule has 4 nitrogen and oxygen atoms in total. The van der Waals surface area contributed by atoms with E-state index in [9.17, 15) is 9.59 Å². The molecule has 3 aliphatic carbocycles. The van der Waals surface area contributed by atoms with Crippen molar-refractivity contribution in [2.75, 3.05) is 0 Å². The first-order valence-electron chi connectivity index (χ1n) is 11.2. The molecule has 0 heterocycles. The maximum absolute atomic E-state index is 12.1. The average molecular weight is 390 g/mol. The van der Waals surface area contributed by atoms with E-state index in [1.807, 2.05) is 0 Å². The lowest BCUT2D eigenvalue weighted by Gasteiger charge is -2.56. The van der Waals surface area contributed by atoms with Gasteiger partial charge in [-0.2, -0.15) is 0 Å². The van der Waals surface area contributed by atoms with Crippen LogP contribution in [0, 0.1) is 34.5 Å². The first kappa shape index (κ1) is 21.4. The van der Waals surface area contributed by atoms with Crippen LogP contribution in [-0.2, 0) is 14.3 Å². The Bertz CT molecular complexity index is 644. The molecule has 28 heavy (non-hydrogen) atoms. The topological polar surface area (TPSA) is 69.4 Å². The molecule has 3 rings (SSSR count). The minimum absolute atomic E-state index is 0.0371. The number of fused-ring (bicyclic) bond motifs is 1. The Balaban J connectivity index is 1.92. The van der Waals surface area contributed by atoms with Crippen LogP contribution in [-0.4, -0.2) is 18.0 Å². The Kier molecular flexibility index (Phi) is 5.99. The molecule has 4 heteroatoms. The van der Waals surface area contributed by atoms with Gasteiger partial charge in [0.1, 0.15) is 6.10 Å². The van der Waals surface area contributed by atoms with Crippen LogP contribution < -0.4 is 5.73 Å². The Labute approximate surface area is 170 Å². The van der Waals surface area contributed by atoms with Crippen LogP contribution in [0.2, 0.25) is 0 Å². The predicted octanol–water partition coefficient (Wildman–Crippen LogP) is 5.01. The molecule has 2 N–H and O–H groups in total. The van der Waals surface area contributed by atoms with Crippen LogP contribution in [0.15, 0.2) is 12.2 Å². The second-order valence-corrected chi connectivity index (χ2v) is 10.5. The summed E-state index contributed by atoms with van der Waals surface area (Å²) in [4.78, 5) is 23.6. The number of hydrogen-bond donors (Lipinski definition) is 1. The molecule has 0 aromatic carbocycles. The number of amides is 1. The molecule has 3 fully saturated rings. The van der Waals surface area contributed by atoms with Crippen molar-refractivity contribution < 1.29 is 14.3 Å². The van der Waals surface area contributed by atoms with Gasteiger partial charge in [-0.15, -0.1) is 0 Å².